The summed E-state index contributed by atoms with van der Waals surface area (Å²) in [7, 11) is -9.09. The van der Waals surface area contributed by atoms with Gasteiger partial charge in [-0.1, -0.05) is 60.7 Å². The summed E-state index contributed by atoms with van der Waals surface area (Å²) in [4.78, 5) is 5.44. The molecule has 0 amide bonds. The van der Waals surface area contributed by atoms with Crippen molar-refractivity contribution in [3.8, 4) is 34.1 Å². The Kier molecular flexibility index (Phi) is 7.37. The number of para-hydroxylation sites is 2. The van der Waals surface area contributed by atoms with E-state index in [0.29, 0.717) is 0 Å². The van der Waals surface area contributed by atoms with Crippen molar-refractivity contribution in [1.29, 1.82) is 10.8 Å². The van der Waals surface area contributed by atoms with E-state index in [1.807, 2.05) is 0 Å². The summed E-state index contributed by atoms with van der Waals surface area (Å²) in [5.41, 5.74) is 0.0772. The maximum atomic E-state index is 13.6. The zero-order valence-corrected chi connectivity index (χ0v) is 25.0. The van der Waals surface area contributed by atoms with E-state index in [4.69, 9.17) is 19.2 Å². The first-order valence-corrected chi connectivity index (χ1v) is 16.1. The van der Waals surface area contributed by atoms with E-state index in [0.717, 1.165) is 0 Å². The van der Waals surface area contributed by atoms with Crippen LogP contribution in [0.25, 0.3) is 42.6 Å². The van der Waals surface area contributed by atoms with Gasteiger partial charge >= 0.3 is 31.6 Å². The first kappa shape index (κ1) is 29.8. The van der Waals surface area contributed by atoms with Crippen molar-refractivity contribution in [2.45, 2.75) is 9.79 Å². The molecule has 0 aliphatic rings. The lowest BCUT2D eigenvalue weighted by Gasteiger charge is -2.16. The summed E-state index contributed by atoms with van der Waals surface area (Å²) >= 11 is 0. The third kappa shape index (κ3) is 5.13. The van der Waals surface area contributed by atoms with Crippen molar-refractivity contribution in [3.63, 3.8) is 0 Å². The fourth-order valence-electron chi connectivity index (χ4n) is 5.05. The summed E-state index contributed by atoms with van der Waals surface area (Å²) < 4.78 is 65.7. The molecule has 0 aromatic heterocycles. The monoisotopic (exact) mass is 652 g/mol. The Morgan fingerprint density at radius 3 is 1.26 bits per heavy atom. The largest absolute Gasteiger partial charge is 0.501 e. The number of hydrogen-bond donors (Lipinski definition) is 2. The Bertz CT molecular complexity index is 2350. The summed E-state index contributed by atoms with van der Waals surface area (Å²) in [6.45, 7) is 0. The number of diazo groups is 2. The van der Waals surface area contributed by atoms with E-state index >= 15 is 0 Å². The minimum absolute atomic E-state index is 0.112. The molecule has 0 atom stereocenters. The molecular weight excluding hydrogens is 633 g/mol. The van der Waals surface area contributed by atoms with Crippen LogP contribution in [0.2, 0.25) is 0 Å². The molecule has 12 nitrogen and oxygen atoms in total. The molecule has 226 valence electrons. The molecule has 0 saturated heterocycles. The number of aromatic hydroxyl groups is 2. The molecule has 6 rings (SSSR count). The zero-order valence-electron chi connectivity index (χ0n) is 23.3. The van der Waals surface area contributed by atoms with Gasteiger partial charge in [-0.2, -0.15) is 16.8 Å². The Morgan fingerprint density at radius 2 is 0.870 bits per heavy atom. The number of benzene rings is 6. The van der Waals surface area contributed by atoms with Crippen LogP contribution in [0.5, 0.6) is 23.0 Å². The van der Waals surface area contributed by atoms with E-state index in [-0.39, 0.29) is 65.3 Å². The Morgan fingerprint density at radius 1 is 0.478 bits per heavy atom. The molecule has 0 aliphatic carbocycles. The zero-order chi connectivity index (χ0) is 32.6. The van der Waals surface area contributed by atoms with Crippen molar-refractivity contribution >= 4 is 53.2 Å². The van der Waals surface area contributed by atoms with Crippen LogP contribution in [0.3, 0.4) is 0 Å². The van der Waals surface area contributed by atoms with Crippen molar-refractivity contribution in [1.82, 2.24) is 0 Å². The fraction of sp³-hybridized carbons (Fsp3) is 0. The van der Waals surface area contributed by atoms with Crippen LogP contribution in [0.15, 0.2) is 119 Å². The van der Waals surface area contributed by atoms with Crippen LogP contribution in [0.1, 0.15) is 0 Å². The van der Waals surface area contributed by atoms with E-state index in [9.17, 15) is 27.0 Å². The van der Waals surface area contributed by atoms with Gasteiger partial charge in [0, 0.05) is 44.8 Å². The molecule has 0 spiro atoms. The molecule has 0 bridgehead atoms. The second kappa shape index (κ2) is 11.4. The van der Waals surface area contributed by atoms with Crippen LogP contribution in [0, 0.1) is 10.8 Å². The topological polar surface area (TPSA) is 183 Å². The van der Waals surface area contributed by atoms with E-state index in [2.05, 4.69) is 9.95 Å². The average Bonchev–Trinajstić information content (AvgIpc) is 3.05. The summed E-state index contributed by atoms with van der Waals surface area (Å²) in [6, 6.07) is 25.6. The highest BCUT2D eigenvalue weighted by atomic mass is 32.2. The lowest BCUT2D eigenvalue weighted by Crippen LogP contribution is -2.12. The van der Waals surface area contributed by atoms with Gasteiger partial charge in [0.25, 0.3) is 0 Å². The molecule has 2 N–H and O–H groups in total. The van der Waals surface area contributed by atoms with Gasteiger partial charge in [0.1, 0.15) is 9.79 Å². The normalized spacial score (nSPS) is 11.5. The predicted octanol–water partition coefficient (Wildman–Crippen LogP) is 7.58. The van der Waals surface area contributed by atoms with E-state index in [1.54, 1.807) is 12.1 Å². The van der Waals surface area contributed by atoms with Crippen molar-refractivity contribution in [3.05, 3.63) is 119 Å². The number of phenolic OH excluding ortho intramolecular Hbond substituents is 2. The molecule has 14 heteroatoms. The quantitative estimate of drug-likeness (QED) is 0.129. The average molecular weight is 653 g/mol. The summed E-state index contributed by atoms with van der Waals surface area (Å²) in [5, 5.41) is 39.6. The van der Waals surface area contributed by atoms with Crippen molar-refractivity contribution in [2.24, 2.45) is 0 Å². The fourth-order valence-corrected chi connectivity index (χ4v) is 7.38. The first-order chi connectivity index (χ1) is 22.1. The molecule has 0 heterocycles. The van der Waals surface area contributed by atoms with Crippen molar-refractivity contribution < 1.29 is 35.4 Å². The van der Waals surface area contributed by atoms with Crippen LogP contribution in [-0.2, 0) is 20.2 Å². The molecule has 0 fully saturated rings. The summed E-state index contributed by atoms with van der Waals surface area (Å²) in [6.07, 6.45) is 0. The molecule has 0 aliphatic heterocycles. The number of rotatable bonds is 7. The third-order valence-corrected chi connectivity index (χ3v) is 9.75. The molecule has 0 saturated carbocycles. The Hall–Kier alpha value is -6.22. The number of hydrogen-bond acceptors (Lipinski definition) is 10. The number of nitrogens with zero attached hydrogens (tertiary/aromatic N) is 4. The molecule has 0 unspecified atom stereocenters. The van der Waals surface area contributed by atoms with Gasteiger partial charge in [0.15, 0.2) is 21.5 Å². The molecule has 6 aromatic carbocycles. The molecule has 6 aromatic rings. The second-order valence-electron chi connectivity index (χ2n) is 9.84. The van der Waals surface area contributed by atoms with Crippen LogP contribution < -0.4 is 8.37 Å². The maximum absolute atomic E-state index is 13.6. The highest BCUT2D eigenvalue weighted by Gasteiger charge is 2.28. The molecule has 46 heavy (non-hydrogen) atoms. The van der Waals surface area contributed by atoms with Crippen molar-refractivity contribution in [2.75, 3.05) is 0 Å². The number of phenols is 2. The second-order valence-corrected chi connectivity index (χ2v) is 12.9. The van der Waals surface area contributed by atoms with Crippen LogP contribution >= 0.6 is 0 Å². The van der Waals surface area contributed by atoms with Gasteiger partial charge in [0.05, 0.1) is 0 Å². The summed E-state index contributed by atoms with van der Waals surface area (Å²) in [5.74, 6) is -1.13. The van der Waals surface area contributed by atoms with E-state index < -0.39 is 31.7 Å². The van der Waals surface area contributed by atoms with Gasteiger partial charge in [-0.05, 0) is 36.4 Å². The third-order valence-electron chi connectivity index (χ3n) is 7.16. The van der Waals surface area contributed by atoms with Gasteiger partial charge < -0.3 is 18.6 Å². The van der Waals surface area contributed by atoms with Gasteiger partial charge in [-0.3, -0.25) is 0 Å². The Labute approximate surface area is 261 Å². The highest BCUT2D eigenvalue weighted by molar-refractivity contribution is 7.87. The first-order valence-electron chi connectivity index (χ1n) is 13.3. The van der Waals surface area contributed by atoms with Gasteiger partial charge in [-0.25, -0.2) is 0 Å². The smallest absolute Gasteiger partial charge is 0.426 e. The maximum Gasteiger partial charge on any atom is 0.426 e. The number of fused-ring (bicyclic) bond motifs is 2. The molecular formula is C32H20N4O8S2+2. The van der Waals surface area contributed by atoms with Crippen LogP contribution in [-0.4, -0.2) is 27.0 Å². The lowest BCUT2D eigenvalue weighted by molar-refractivity contribution is 0.481. The predicted molar refractivity (Wildman–Crippen MR) is 168 cm³/mol. The lowest BCUT2D eigenvalue weighted by atomic mass is 10.0. The van der Waals surface area contributed by atoms with Gasteiger partial charge in [0.2, 0.25) is 22.3 Å². The van der Waals surface area contributed by atoms with E-state index in [1.165, 1.54) is 97.1 Å². The molecule has 0 radical (unpaired) electrons. The van der Waals surface area contributed by atoms with Crippen LogP contribution in [0.4, 0.5) is 11.4 Å². The standard InChI is InChI=1S/C32H18N4O8S2/c33-35-25-17-15-21-23(31(25)37)9-5-13-29(21)45(39,40)43-27-11-3-1-7-19(27)20-8-2-4-12-28(20)44-46(41,42)30-14-6-10-24-22(30)16-18-26(36-34)32(24)38/h1-18H/p+2. The highest BCUT2D eigenvalue weighted by Crippen LogP contribution is 2.42. The SMILES string of the molecule is N#[N+]c1ccc2c(S(=O)(=O)Oc3ccccc3-c3ccccc3OS(=O)(=O)c3cccc4c(O)c([N+]#N)ccc34)cccc2c1O. The minimum atomic E-state index is -4.54. The Balaban J connectivity index is 1.41. The minimum Gasteiger partial charge on any atom is -0.501 e. The van der Waals surface area contributed by atoms with Gasteiger partial charge in [-0.15, -0.1) is 0 Å².